The SMILES string of the molecule is O=C(c1cc2ccc(N(Cc3ccccc3)Cc3ccccc3)cc2oc1=O)N1CCN(CCOc2no[n+]([O-])c2S(=O)(=O)c2ccccc2)CC1. The van der Waals surface area contributed by atoms with E-state index in [1.54, 1.807) is 17.0 Å². The molecule has 1 fully saturated rings. The highest BCUT2D eigenvalue weighted by molar-refractivity contribution is 7.91. The first kappa shape index (κ1) is 34.5. The van der Waals surface area contributed by atoms with Crippen molar-refractivity contribution in [2.45, 2.75) is 23.0 Å². The maximum atomic E-state index is 13.5. The first-order valence-electron chi connectivity index (χ1n) is 16.7. The number of hydrogen-bond donors (Lipinski definition) is 0. The van der Waals surface area contributed by atoms with Gasteiger partial charge < -0.3 is 24.2 Å². The van der Waals surface area contributed by atoms with Crippen molar-refractivity contribution >= 4 is 32.4 Å². The second kappa shape index (κ2) is 15.1. The molecule has 0 aliphatic carbocycles. The molecular formula is C38H35N5O8S. The number of nitrogens with zero attached hydrogens (tertiary/aromatic N) is 5. The molecule has 2 aromatic heterocycles. The maximum absolute atomic E-state index is 13.5. The van der Waals surface area contributed by atoms with Crippen LogP contribution in [0.1, 0.15) is 21.5 Å². The average Bonchev–Trinajstić information content (AvgIpc) is 3.55. The van der Waals surface area contributed by atoms with Crippen LogP contribution in [-0.2, 0) is 22.9 Å². The Morgan fingerprint density at radius 1 is 0.846 bits per heavy atom. The Morgan fingerprint density at radius 2 is 1.46 bits per heavy atom. The van der Waals surface area contributed by atoms with Gasteiger partial charge in [-0.25, -0.2) is 13.2 Å². The van der Waals surface area contributed by atoms with Gasteiger partial charge in [-0.05, 0) is 46.4 Å². The van der Waals surface area contributed by atoms with E-state index in [1.165, 1.54) is 24.3 Å². The Labute approximate surface area is 299 Å². The number of benzene rings is 4. The number of carbonyl (C=O) groups excluding carboxylic acids is 1. The summed E-state index contributed by atoms with van der Waals surface area (Å²) in [5.74, 6) is -0.841. The Morgan fingerprint density at radius 3 is 2.10 bits per heavy atom. The molecule has 52 heavy (non-hydrogen) atoms. The lowest BCUT2D eigenvalue weighted by Gasteiger charge is -2.34. The van der Waals surface area contributed by atoms with Gasteiger partial charge in [-0.2, -0.15) is 0 Å². The number of aromatic nitrogens is 2. The Balaban J connectivity index is 0.984. The van der Waals surface area contributed by atoms with E-state index in [1.807, 2.05) is 59.5 Å². The Hall–Kier alpha value is -5.99. The first-order valence-corrected chi connectivity index (χ1v) is 18.2. The van der Waals surface area contributed by atoms with Gasteiger partial charge in [-0.15, -0.1) is 0 Å². The van der Waals surface area contributed by atoms with E-state index in [0.717, 1.165) is 16.8 Å². The molecule has 1 amide bonds. The molecule has 1 saturated heterocycles. The van der Waals surface area contributed by atoms with E-state index in [2.05, 4.69) is 39.0 Å². The fraction of sp³-hybridized carbons (Fsp3) is 0.211. The van der Waals surface area contributed by atoms with E-state index >= 15 is 0 Å². The number of rotatable bonds is 12. The molecule has 3 heterocycles. The lowest BCUT2D eigenvalue weighted by atomic mass is 10.1. The van der Waals surface area contributed by atoms with Gasteiger partial charge in [0.2, 0.25) is 0 Å². The molecule has 0 atom stereocenters. The van der Waals surface area contributed by atoms with Crippen molar-refractivity contribution in [3.8, 4) is 5.88 Å². The molecule has 13 nitrogen and oxygen atoms in total. The van der Waals surface area contributed by atoms with E-state index < -0.39 is 32.3 Å². The van der Waals surface area contributed by atoms with Gasteiger partial charge in [0, 0.05) is 63.0 Å². The largest absolute Gasteiger partial charge is 0.453 e. The highest BCUT2D eigenvalue weighted by atomic mass is 32.2. The normalized spacial score (nSPS) is 13.7. The summed E-state index contributed by atoms with van der Waals surface area (Å²) in [4.78, 5) is 32.2. The third-order valence-electron chi connectivity index (χ3n) is 8.91. The average molecular weight is 722 g/mol. The smallest absolute Gasteiger partial charge is 0.415 e. The summed E-state index contributed by atoms with van der Waals surface area (Å²) in [6.07, 6.45) is 0. The number of carbonyl (C=O) groups is 1. The van der Waals surface area contributed by atoms with Gasteiger partial charge in [0.05, 0.1) is 10.1 Å². The van der Waals surface area contributed by atoms with Crippen molar-refractivity contribution < 1.29 is 31.9 Å². The second-order valence-electron chi connectivity index (χ2n) is 12.3. The molecule has 0 radical (unpaired) electrons. The molecule has 4 aromatic carbocycles. The lowest BCUT2D eigenvalue weighted by molar-refractivity contribution is -0.832. The standard InChI is InChI=1S/C38H35N5O8S/c44-36(41-20-18-40(19-21-41)22-23-49-35-37(43(46)51-39-35)52(47,48)32-14-8-3-9-15-32)33-24-30-16-17-31(25-34(30)50-38(33)45)42(26-28-10-4-1-5-11-28)27-29-12-6-2-7-13-29/h1-17,24-25H,18-23,26-27H2. The summed E-state index contributed by atoms with van der Waals surface area (Å²) in [5.41, 5.74) is 2.82. The number of sulfone groups is 1. The summed E-state index contributed by atoms with van der Waals surface area (Å²) in [5, 5.41) is 15.6. The molecule has 14 heteroatoms. The Kier molecular flexibility index (Phi) is 10.00. The molecule has 1 aliphatic rings. The molecule has 1 aliphatic heterocycles. The van der Waals surface area contributed by atoms with Gasteiger partial charge in [-0.3, -0.25) is 14.3 Å². The van der Waals surface area contributed by atoms with E-state index in [0.29, 0.717) is 56.8 Å². The number of piperazine rings is 1. The monoisotopic (exact) mass is 721 g/mol. The summed E-state index contributed by atoms with van der Waals surface area (Å²) >= 11 is 0. The summed E-state index contributed by atoms with van der Waals surface area (Å²) < 4.78 is 41.8. The zero-order valence-corrected chi connectivity index (χ0v) is 28.9. The van der Waals surface area contributed by atoms with Gasteiger partial charge in [0.25, 0.3) is 15.7 Å². The number of amides is 1. The zero-order valence-electron chi connectivity index (χ0n) is 28.0. The highest BCUT2D eigenvalue weighted by Crippen LogP contribution is 2.27. The van der Waals surface area contributed by atoms with Crippen LogP contribution < -0.4 is 20.2 Å². The number of fused-ring (bicyclic) bond motifs is 1. The van der Waals surface area contributed by atoms with Crippen LogP contribution in [0.15, 0.2) is 139 Å². The number of anilines is 1. The van der Waals surface area contributed by atoms with Gasteiger partial charge in [0.15, 0.2) is 0 Å². The van der Waals surface area contributed by atoms with Crippen LogP contribution in [0.25, 0.3) is 11.0 Å². The van der Waals surface area contributed by atoms with Crippen molar-refractivity contribution in [2.24, 2.45) is 0 Å². The van der Waals surface area contributed by atoms with E-state index in [9.17, 15) is 23.2 Å². The summed E-state index contributed by atoms with van der Waals surface area (Å²) in [7, 11) is -4.23. The van der Waals surface area contributed by atoms with E-state index in [4.69, 9.17) is 9.15 Å². The first-order chi connectivity index (χ1) is 25.3. The van der Waals surface area contributed by atoms with Gasteiger partial charge in [0.1, 0.15) is 17.8 Å². The predicted octanol–water partition coefficient (Wildman–Crippen LogP) is 4.29. The molecule has 7 rings (SSSR count). The number of ether oxygens (including phenoxy) is 1. The third kappa shape index (κ3) is 7.53. The topological polar surface area (TPSA) is 153 Å². The third-order valence-corrected chi connectivity index (χ3v) is 10.6. The van der Waals surface area contributed by atoms with Crippen LogP contribution in [0.3, 0.4) is 0 Å². The molecule has 266 valence electrons. The number of hydrogen-bond acceptors (Lipinski definition) is 11. The van der Waals surface area contributed by atoms with Crippen molar-refractivity contribution in [2.75, 3.05) is 44.2 Å². The van der Waals surface area contributed by atoms with Crippen LogP contribution in [-0.4, -0.2) is 68.6 Å². The lowest BCUT2D eigenvalue weighted by Crippen LogP contribution is -2.50. The minimum atomic E-state index is -4.23. The van der Waals surface area contributed by atoms with Gasteiger partial charge in [-0.1, -0.05) is 78.9 Å². The van der Waals surface area contributed by atoms with E-state index in [-0.39, 0.29) is 22.0 Å². The van der Waals surface area contributed by atoms with Crippen LogP contribution in [0.2, 0.25) is 0 Å². The van der Waals surface area contributed by atoms with Crippen LogP contribution in [0.5, 0.6) is 5.88 Å². The van der Waals surface area contributed by atoms with Crippen molar-refractivity contribution in [1.29, 1.82) is 0 Å². The predicted molar refractivity (Wildman–Crippen MR) is 190 cm³/mol. The second-order valence-corrected chi connectivity index (χ2v) is 14.2. The molecule has 0 bridgehead atoms. The maximum Gasteiger partial charge on any atom is 0.415 e. The zero-order chi connectivity index (χ0) is 36.1. The quantitative estimate of drug-likeness (QED) is 0.131. The van der Waals surface area contributed by atoms with Crippen molar-refractivity contribution in [1.82, 2.24) is 15.0 Å². The fourth-order valence-electron chi connectivity index (χ4n) is 6.15. The summed E-state index contributed by atoms with van der Waals surface area (Å²) in [6.45, 7) is 3.34. The van der Waals surface area contributed by atoms with Crippen LogP contribution >= 0.6 is 0 Å². The van der Waals surface area contributed by atoms with Gasteiger partial charge >= 0.3 is 16.5 Å². The summed E-state index contributed by atoms with van der Waals surface area (Å²) in [6, 6.07) is 35.0. The molecule has 0 N–H and O–H groups in total. The molecular weight excluding hydrogens is 687 g/mol. The minimum Gasteiger partial charge on any atom is -0.453 e. The molecule has 0 spiro atoms. The van der Waals surface area contributed by atoms with Crippen molar-refractivity contribution in [3.63, 3.8) is 0 Å². The van der Waals surface area contributed by atoms with Crippen LogP contribution in [0, 0.1) is 5.21 Å². The highest BCUT2D eigenvalue weighted by Gasteiger charge is 2.36. The van der Waals surface area contributed by atoms with Crippen LogP contribution in [0.4, 0.5) is 5.69 Å². The Bertz CT molecular complexity index is 2280. The molecule has 0 saturated carbocycles. The molecule has 6 aromatic rings. The minimum absolute atomic E-state index is 0.0160. The molecule has 0 unspecified atom stereocenters. The fourth-order valence-corrected chi connectivity index (χ4v) is 7.44. The van der Waals surface area contributed by atoms with Crippen molar-refractivity contribution in [3.05, 3.63) is 148 Å².